The number of carbonyl (C=O) groups excluding carboxylic acids is 1. The molecule has 2 fully saturated rings. The molecule has 2 aromatic carbocycles. The Morgan fingerprint density at radius 2 is 1.74 bits per heavy atom. The van der Waals surface area contributed by atoms with Crippen LogP contribution in [0.4, 0.5) is 4.79 Å². The van der Waals surface area contributed by atoms with Crippen LogP contribution in [-0.2, 0) is 30.3 Å². The van der Waals surface area contributed by atoms with Gasteiger partial charge in [-0.05, 0) is 5.56 Å². The van der Waals surface area contributed by atoms with Crippen LogP contribution in [0, 0.1) is 5.92 Å². The number of alkyl carbamates (subject to hydrolysis) is 1. The minimum atomic E-state index is -1.72. The molecule has 0 aromatic heterocycles. The highest BCUT2D eigenvalue weighted by Gasteiger charge is 2.49. The zero-order valence-electron chi connectivity index (χ0n) is 18.4. The van der Waals surface area contributed by atoms with Crippen LogP contribution in [0.3, 0.4) is 0 Å². The Balaban J connectivity index is 1.47. The molecule has 1 N–H and O–H groups in total. The molecule has 2 heterocycles. The fourth-order valence-corrected chi connectivity index (χ4v) is 4.20. The summed E-state index contributed by atoms with van der Waals surface area (Å²) in [5.41, 5.74) is 1.88. The lowest BCUT2D eigenvalue weighted by atomic mass is 9.88. The van der Waals surface area contributed by atoms with E-state index in [1.807, 2.05) is 67.6 Å². The molecular weight excluding hydrogens is 505 g/mol. The van der Waals surface area contributed by atoms with Gasteiger partial charge in [-0.25, -0.2) is 4.79 Å². The lowest BCUT2D eigenvalue weighted by Gasteiger charge is -2.48. The first-order valence-electron chi connectivity index (χ1n) is 10.9. The molecule has 0 spiro atoms. The zero-order chi connectivity index (χ0) is 24.1. The topological polar surface area (TPSA) is 75.3 Å². The fraction of sp³-hybridized carbons (Fsp3) is 0.458. The molecule has 10 heteroatoms. The van der Waals surface area contributed by atoms with Crippen LogP contribution in [0.15, 0.2) is 60.7 Å². The summed E-state index contributed by atoms with van der Waals surface area (Å²) in [4.78, 5) is 12.5. The number of alkyl halides is 3. The molecule has 0 radical (unpaired) electrons. The van der Waals surface area contributed by atoms with E-state index in [0.717, 1.165) is 11.1 Å². The average Bonchev–Trinajstić information content (AvgIpc) is 2.84. The largest absolute Gasteiger partial charge is 0.445 e. The van der Waals surface area contributed by atoms with Crippen LogP contribution in [0.5, 0.6) is 0 Å². The smallest absolute Gasteiger partial charge is 0.407 e. The molecule has 2 aliphatic rings. The Hall–Kier alpha value is -1.58. The van der Waals surface area contributed by atoms with Crippen LogP contribution < -0.4 is 5.32 Å². The lowest BCUT2D eigenvalue weighted by molar-refractivity contribution is -0.336. The summed E-state index contributed by atoms with van der Waals surface area (Å²) >= 11 is 17.1. The van der Waals surface area contributed by atoms with E-state index in [2.05, 4.69) is 5.32 Å². The number of benzene rings is 2. The summed E-state index contributed by atoms with van der Waals surface area (Å²) in [5, 5.41) is 2.81. The van der Waals surface area contributed by atoms with Crippen molar-refractivity contribution in [1.29, 1.82) is 0 Å². The second-order valence-electron chi connectivity index (χ2n) is 8.24. The van der Waals surface area contributed by atoms with Gasteiger partial charge >= 0.3 is 6.09 Å². The lowest BCUT2D eigenvalue weighted by Crippen LogP contribution is -2.63. The molecule has 4 rings (SSSR count). The Labute approximate surface area is 213 Å². The van der Waals surface area contributed by atoms with Crippen molar-refractivity contribution in [2.45, 2.75) is 48.2 Å². The fourth-order valence-electron chi connectivity index (χ4n) is 4.04. The summed E-state index contributed by atoms with van der Waals surface area (Å²) in [6, 6.07) is 18.8. The Morgan fingerprint density at radius 1 is 1.06 bits per heavy atom. The molecular formula is C24H26Cl3NO6. The molecule has 0 saturated carbocycles. The number of fused-ring (bicyclic) bond motifs is 1. The van der Waals surface area contributed by atoms with E-state index < -0.39 is 35.1 Å². The molecule has 2 aromatic rings. The van der Waals surface area contributed by atoms with E-state index in [1.165, 1.54) is 0 Å². The minimum Gasteiger partial charge on any atom is -0.445 e. The van der Waals surface area contributed by atoms with Gasteiger partial charge in [-0.1, -0.05) is 102 Å². The van der Waals surface area contributed by atoms with Crippen molar-refractivity contribution < 1.29 is 28.5 Å². The Bertz CT molecular complexity index is 929. The number of nitrogens with one attached hydrogen (secondary N) is 1. The molecule has 3 unspecified atom stereocenters. The molecule has 1 amide bonds. The van der Waals surface area contributed by atoms with Gasteiger partial charge in [0, 0.05) is 11.5 Å². The van der Waals surface area contributed by atoms with Gasteiger partial charge in [0.15, 0.2) is 12.6 Å². The van der Waals surface area contributed by atoms with Gasteiger partial charge < -0.3 is 29.0 Å². The SMILES string of the molecule is C[C@@H]1C(NC(=O)OCC(Cl)(Cl)Cl)[C@H](OCc2ccccc2)OC2COC(c3ccccc3)O[C@H]21. The number of carbonyl (C=O) groups is 1. The zero-order valence-corrected chi connectivity index (χ0v) is 20.7. The molecule has 34 heavy (non-hydrogen) atoms. The summed E-state index contributed by atoms with van der Waals surface area (Å²) in [7, 11) is 0. The van der Waals surface area contributed by atoms with Crippen molar-refractivity contribution in [1.82, 2.24) is 5.32 Å². The molecule has 7 nitrogen and oxygen atoms in total. The monoisotopic (exact) mass is 529 g/mol. The first-order chi connectivity index (χ1) is 16.3. The van der Waals surface area contributed by atoms with Crippen LogP contribution in [0.25, 0.3) is 0 Å². The maximum absolute atomic E-state index is 12.5. The van der Waals surface area contributed by atoms with E-state index in [-0.39, 0.29) is 18.1 Å². The Morgan fingerprint density at radius 3 is 2.41 bits per heavy atom. The van der Waals surface area contributed by atoms with Crippen LogP contribution in [-0.4, -0.2) is 47.6 Å². The number of hydrogen-bond acceptors (Lipinski definition) is 6. The molecule has 0 bridgehead atoms. The van der Waals surface area contributed by atoms with Gasteiger partial charge in [-0.2, -0.15) is 0 Å². The normalized spacial score (nSPS) is 29.2. The van der Waals surface area contributed by atoms with Crippen molar-refractivity contribution in [3.63, 3.8) is 0 Å². The van der Waals surface area contributed by atoms with Crippen molar-refractivity contribution in [3.05, 3.63) is 71.8 Å². The average molecular weight is 531 g/mol. The van der Waals surface area contributed by atoms with Gasteiger partial charge in [0.05, 0.1) is 25.4 Å². The first-order valence-corrected chi connectivity index (χ1v) is 12.1. The Kier molecular flexibility index (Phi) is 8.58. The third-order valence-electron chi connectivity index (χ3n) is 5.73. The van der Waals surface area contributed by atoms with E-state index in [9.17, 15) is 4.79 Å². The van der Waals surface area contributed by atoms with Gasteiger partial charge in [-0.3, -0.25) is 0 Å². The molecule has 184 valence electrons. The van der Waals surface area contributed by atoms with Crippen LogP contribution in [0.1, 0.15) is 24.3 Å². The third-order valence-corrected chi connectivity index (χ3v) is 6.05. The maximum atomic E-state index is 12.5. The van der Waals surface area contributed by atoms with Crippen molar-refractivity contribution in [3.8, 4) is 0 Å². The van der Waals surface area contributed by atoms with Gasteiger partial charge in [0.25, 0.3) is 0 Å². The van der Waals surface area contributed by atoms with Crippen LogP contribution in [0.2, 0.25) is 0 Å². The van der Waals surface area contributed by atoms with Crippen molar-refractivity contribution >= 4 is 40.9 Å². The quantitative estimate of drug-likeness (QED) is 0.521. The summed E-state index contributed by atoms with van der Waals surface area (Å²) in [6.07, 6.45) is -2.77. The highest BCUT2D eigenvalue weighted by Crippen LogP contribution is 2.37. The molecule has 6 atom stereocenters. The van der Waals surface area contributed by atoms with E-state index in [1.54, 1.807) is 0 Å². The van der Waals surface area contributed by atoms with E-state index in [4.69, 9.17) is 58.5 Å². The second-order valence-corrected chi connectivity index (χ2v) is 10.8. The van der Waals surface area contributed by atoms with Crippen molar-refractivity contribution in [2.24, 2.45) is 5.92 Å². The summed E-state index contributed by atoms with van der Waals surface area (Å²) in [6.45, 7) is 2.19. The number of hydrogen-bond donors (Lipinski definition) is 1. The summed E-state index contributed by atoms with van der Waals surface area (Å²) in [5.74, 6) is -0.199. The summed E-state index contributed by atoms with van der Waals surface area (Å²) < 4.78 is 27.8. The number of halogens is 3. The predicted octanol–water partition coefficient (Wildman–Crippen LogP) is 5.14. The van der Waals surface area contributed by atoms with Gasteiger partial charge in [0.2, 0.25) is 3.79 Å². The number of rotatable bonds is 6. The molecule has 2 saturated heterocycles. The molecule has 2 aliphatic heterocycles. The first kappa shape index (κ1) is 25.5. The molecule has 0 aliphatic carbocycles. The highest BCUT2D eigenvalue weighted by molar-refractivity contribution is 6.67. The highest BCUT2D eigenvalue weighted by atomic mass is 35.6. The standard InChI is InChI=1S/C24H26Cl3NO6/c1-15-19(28-23(29)32-14-24(25,26)27)22(30-12-16-8-4-2-5-9-16)33-18-13-31-21(34-20(15)18)17-10-6-3-7-11-17/h2-11,15,18-22H,12-14H2,1H3,(H,28,29)/t15-,18?,19?,20+,21?,22-/m1/s1. The van der Waals surface area contributed by atoms with Gasteiger partial charge in [-0.15, -0.1) is 0 Å². The van der Waals surface area contributed by atoms with Crippen LogP contribution >= 0.6 is 34.8 Å². The minimum absolute atomic E-state index is 0.199. The van der Waals surface area contributed by atoms with Gasteiger partial charge in [0.1, 0.15) is 12.7 Å². The number of ether oxygens (including phenoxy) is 5. The predicted molar refractivity (Wildman–Crippen MR) is 128 cm³/mol. The number of amides is 1. The second kappa shape index (κ2) is 11.4. The maximum Gasteiger partial charge on any atom is 0.407 e. The van der Waals surface area contributed by atoms with E-state index >= 15 is 0 Å². The van der Waals surface area contributed by atoms with Crippen molar-refractivity contribution in [2.75, 3.05) is 13.2 Å². The van der Waals surface area contributed by atoms with E-state index in [0.29, 0.717) is 13.2 Å². The third kappa shape index (κ3) is 6.76.